The van der Waals surface area contributed by atoms with Crippen LogP contribution >= 0.6 is 0 Å². The van der Waals surface area contributed by atoms with E-state index in [1.807, 2.05) is 13.8 Å². The Kier molecular flexibility index (Phi) is 6.70. The number of sulfonamides is 1. The normalized spacial score (nSPS) is 13.8. The summed E-state index contributed by atoms with van der Waals surface area (Å²) in [5.41, 5.74) is -0.143. The van der Waals surface area contributed by atoms with Crippen LogP contribution in [0.5, 0.6) is 0 Å². The topological polar surface area (TPSA) is 85.4 Å². The van der Waals surface area contributed by atoms with Crippen molar-refractivity contribution in [2.75, 3.05) is 6.54 Å². The lowest BCUT2D eigenvalue weighted by molar-refractivity contribution is -0.161. The van der Waals surface area contributed by atoms with Crippen molar-refractivity contribution in [1.82, 2.24) is 9.71 Å². The number of carbonyl (C=O) groups is 1. The van der Waals surface area contributed by atoms with Crippen LogP contribution in [0.4, 0.5) is 0 Å². The second kappa shape index (κ2) is 7.88. The Balaban J connectivity index is 2.69. The number of hydrogen-bond acceptors (Lipinski definition) is 5. The van der Waals surface area contributed by atoms with Gasteiger partial charge in [-0.1, -0.05) is 19.9 Å². The summed E-state index contributed by atoms with van der Waals surface area (Å²) in [6, 6.07) is 5.10. The van der Waals surface area contributed by atoms with Crippen LogP contribution < -0.4 is 4.72 Å². The van der Waals surface area contributed by atoms with Gasteiger partial charge in [0.15, 0.2) is 0 Å². The molecule has 1 aromatic heterocycles. The van der Waals surface area contributed by atoms with Gasteiger partial charge in [-0.2, -0.15) is 0 Å². The first-order valence-electron chi connectivity index (χ1n) is 7.60. The molecule has 0 aromatic carbocycles. The Labute approximate surface area is 138 Å². The van der Waals surface area contributed by atoms with Crippen molar-refractivity contribution in [2.24, 2.45) is 11.8 Å². The lowest BCUT2D eigenvalue weighted by Crippen LogP contribution is -2.39. The maximum absolute atomic E-state index is 12.2. The van der Waals surface area contributed by atoms with E-state index in [1.54, 1.807) is 45.2 Å². The molecule has 0 radical (unpaired) electrons. The largest absolute Gasteiger partial charge is 0.460 e. The lowest BCUT2D eigenvalue weighted by Gasteiger charge is -2.26. The highest BCUT2D eigenvalue weighted by Gasteiger charge is 2.29. The summed E-state index contributed by atoms with van der Waals surface area (Å²) < 4.78 is 32.1. The summed E-state index contributed by atoms with van der Waals surface area (Å²) in [6.07, 6.45) is 1.54. The third-order valence-electron chi connectivity index (χ3n) is 3.10. The monoisotopic (exact) mass is 342 g/mol. The molecule has 0 aliphatic heterocycles. The van der Waals surface area contributed by atoms with Crippen LogP contribution in [0.3, 0.4) is 0 Å². The average molecular weight is 342 g/mol. The van der Waals surface area contributed by atoms with Gasteiger partial charge in [-0.25, -0.2) is 13.1 Å². The molecule has 1 N–H and O–H groups in total. The van der Waals surface area contributed by atoms with E-state index in [1.165, 1.54) is 0 Å². The zero-order valence-electron chi connectivity index (χ0n) is 14.4. The van der Waals surface area contributed by atoms with Crippen LogP contribution in [-0.2, 0) is 25.3 Å². The first-order chi connectivity index (χ1) is 10.5. The molecule has 0 fully saturated rings. The zero-order chi connectivity index (χ0) is 17.7. The molecular weight excluding hydrogens is 316 g/mol. The molecule has 130 valence electrons. The van der Waals surface area contributed by atoms with Crippen molar-refractivity contribution in [3.05, 3.63) is 30.1 Å². The number of aromatic nitrogens is 1. The molecule has 7 heteroatoms. The number of hydrogen-bond donors (Lipinski definition) is 1. The van der Waals surface area contributed by atoms with Crippen molar-refractivity contribution in [2.45, 2.75) is 46.0 Å². The predicted molar refractivity (Wildman–Crippen MR) is 89.0 cm³/mol. The minimum absolute atomic E-state index is 0.0156. The molecule has 6 nitrogen and oxygen atoms in total. The van der Waals surface area contributed by atoms with E-state index in [-0.39, 0.29) is 18.2 Å². The summed E-state index contributed by atoms with van der Waals surface area (Å²) in [5, 5.41) is 0. The molecule has 0 saturated carbocycles. The lowest BCUT2D eigenvalue weighted by atomic mass is 9.96. The maximum Gasteiger partial charge on any atom is 0.311 e. The predicted octanol–water partition coefficient (Wildman–Crippen LogP) is 2.11. The van der Waals surface area contributed by atoms with Gasteiger partial charge in [-0.3, -0.25) is 9.78 Å². The smallest absolute Gasteiger partial charge is 0.311 e. The van der Waals surface area contributed by atoms with Gasteiger partial charge in [-0.15, -0.1) is 0 Å². The number of esters is 1. The van der Waals surface area contributed by atoms with E-state index in [4.69, 9.17) is 4.74 Å². The van der Waals surface area contributed by atoms with Gasteiger partial charge >= 0.3 is 5.97 Å². The molecule has 1 atom stereocenters. The highest BCUT2D eigenvalue weighted by atomic mass is 32.2. The Hall–Kier alpha value is -1.47. The van der Waals surface area contributed by atoms with Crippen molar-refractivity contribution in [1.29, 1.82) is 0 Å². The molecular formula is C16H26N2O4S. The third-order valence-corrected chi connectivity index (χ3v) is 4.38. The second-order valence-electron chi connectivity index (χ2n) is 6.81. The van der Waals surface area contributed by atoms with E-state index in [0.29, 0.717) is 5.69 Å². The number of carbonyl (C=O) groups excluding carboxylic acids is 1. The van der Waals surface area contributed by atoms with E-state index < -0.39 is 27.5 Å². The van der Waals surface area contributed by atoms with Gasteiger partial charge in [0.05, 0.1) is 11.6 Å². The highest BCUT2D eigenvalue weighted by molar-refractivity contribution is 7.88. The molecule has 0 aliphatic carbocycles. The van der Waals surface area contributed by atoms with Crippen molar-refractivity contribution >= 4 is 16.0 Å². The first kappa shape index (κ1) is 19.6. The summed E-state index contributed by atoms with van der Waals surface area (Å²) in [4.78, 5) is 16.2. The third kappa shape index (κ3) is 7.56. The molecule has 23 heavy (non-hydrogen) atoms. The fourth-order valence-corrected chi connectivity index (χ4v) is 3.01. The molecule has 0 aliphatic rings. The van der Waals surface area contributed by atoms with Gasteiger partial charge in [0, 0.05) is 12.7 Å². The van der Waals surface area contributed by atoms with Crippen LogP contribution in [0.1, 0.15) is 40.3 Å². The minimum Gasteiger partial charge on any atom is -0.460 e. The van der Waals surface area contributed by atoms with Crippen LogP contribution in [0.2, 0.25) is 0 Å². The van der Waals surface area contributed by atoms with Gasteiger partial charge in [0.25, 0.3) is 0 Å². The van der Waals surface area contributed by atoms with Crippen LogP contribution in [0, 0.1) is 11.8 Å². The van der Waals surface area contributed by atoms with Crippen LogP contribution in [-0.4, -0.2) is 31.5 Å². The zero-order valence-corrected chi connectivity index (χ0v) is 15.2. The molecule has 0 bridgehead atoms. The first-order valence-corrected chi connectivity index (χ1v) is 9.25. The fourth-order valence-electron chi connectivity index (χ4n) is 1.91. The average Bonchev–Trinajstić information content (AvgIpc) is 2.36. The molecule has 1 unspecified atom stereocenters. The quantitative estimate of drug-likeness (QED) is 0.767. The molecule has 1 rings (SSSR count). The summed E-state index contributed by atoms with van der Waals surface area (Å²) in [6.45, 7) is 9.10. The molecule has 0 amide bonds. The Morgan fingerprint density at radius 1 is 1.30 bits per heavy atom. The number of pyridine rings is 1. The van der Waals surface area contributed by atoms with Crippen LogP contribution in [0.25, 0.3) is 0 Å². The van der Waals surface area contributed by atoms with E-state index in [2.05, 4.69) is 9.71 Å². The van der Waals surface area contributed by atoms with Crippen molar-refractivity contribution in [3.8, 4) is 0 Å². The molecule has 0 spiro atoms. The fraction of sp³-hybridized carbons (Fsp3) is 0.625. The maximum atomic E-state index is 12.2. The van der Waals surface area contributed by atoms with Gasteiger partial charge in [-0.05, 0) is 38.8 Å². The molecule has 1 aromatic rings. The van der Waals surface area contributed by atoms with E-state index in [0.717, 1.165) is 0 Å². The second-order valence-corrected chi connectivity index (χ2v) is 8.62. The minimum atomic E-state index is -3.56. The number of nitrogens with zero attached hydrogens (tertiary/aromatic N) is 1. The Morgan fingerprint density at radius 2 is 1.96 bits per heavy atom. The van der Waals surface area contributed by atoms with Gasteiger partial charge in [0.1, 0.15) is 11.4 Å². The van der Waals surface area contributed by atoms with Crippen molar-refractivity contribution < 1.29 is 17.9 Å². The SMILES string of the molecule is CC(C)C(CNS(=O)(=O)Cc1ccccn1)C(=O)OC(C)(C)C. The number of ether oxygens (including phenoxy) is 1. The summed E-state index contributed by atoms with van der Waals surface area (Å²) in [5.74, 6) is -1.18. The molecule has 0 saturated heterocycles. The van der Waals surface area contributed by atoms with Gasteiger partial charge < -0.3 is 4.74 Å². The molecule has 1 heterocycles. The summed E-state index contributed by atoms with van der Waals surface area (Å²) >= 11 is 0. The highest BCUT2D eigenvalue weighted by Crippen LogP contribution is 2.17. The number of rotatable bonds is 7. The Bertz CT molecular complexity index is 607. The van der Waals surface area contributed by atoms with Gasteiger partial charge in [0.2, 0.25) is 10.0 Å². The van der Waals surface area contributed by atoms with E-state index in [9.17, 15) is 13.2 Å². The Morgan fingerprint density at radius 3 is 2.43 bits per heavy atom. The van der Waals surface area contributed by atoms with Crippen molar-refractivity contribution in [3.63, 3.8) is 0 Å². The standard InChI is InChI=1S/C16H26N2O4S/c1-12(2)14(15(19)22-16(3,4)5)10-18-23(20,21)11-13-8-6-7-9-17-13/h6-9,12,14,18H,10-11H2,1-5H3. The van der Waals surface area contributed by atoms with Crippen LogP contribution in [0.15, 0.2) is 24.4 Å². The van der Waals surface area contributed by atoms with E-state index >= 15 is 0 Å². The number of nitrogens with one attached hydrogen (secondary N) is 1. The summed E-state index contributed by atoms with van der Waals surface area (Å²) in [7, 11) is -3.56.